The smallest absolute Gasteiger partial charge is 0.0847 e. The van der Waals surface area contributed by atoms with Gasteiger partial charge in [0.05, 0.1) is 29.8 Å². The van der Waals surface area contributed by atoms with Gasteiger partial charge in [0, 0.05) is 40.7 Å². The van der Waals surface area contributed by atoms with E-state index in [1.54, 1.807) is 0 Å². The Morgan fingerprint density at radius 3 is 2.74 bits per heavy atom. The second kappa shape index (κ2) is 9.66. The highest BCUT2D eigenvalue weighted by atomic mass is 15.0. The van der Waals surface area contributed by atoms with E-state index in [9.17, 15) is 0 Å². The highest BCUT2D eigenvalue weighted by molar-refractivity contribution is 6.01. The van der Waals surface area contributed by atoms with Crippen LogP contribution in [0.3, 0.4) is 0 Å². The van der Waals surface area contributed by atoms with Crippen molar-refractivity contribution in [2.24, 2.45) is 0 Å². The van der Waals surface area contributed by atoms with Gasteiger partial charge in [-0.1, -0.05) is 63.1 Å². The Labute approximate surface area is 224 Å². The molecule has 186 valence electrons. The van der Waals surface area contributed by atoms with E-state index >= 15 is 0 Å². The highest BCUT2D eigenvalue weighted by Gasteiger charge is 2.33. The summed E-state index contributed by atoms with van der Waals surface area (Å²) in [6.45, 7) is 15.0. The van der Waals surface area contributed by atoms with Gasteiger partial charge >= 0.3 is 0 Å². The molecular formula is C34H30N4. The number of nitrogens with zero attached hydrogens (tertiary/aromatic N) is 2. The van der Waals surface area contributed by atoms with Crippen LogP contribution in [0.2, 0.25) is 0 Å². The predicted molar refractivity (Wildman–Crippen MR) is 160 cm³/mol. The van der Waals surface area contributed by atoms with E-state index in [0.717, 1.165) is 68.9 Å². The molecule has 0 fully saturated rings. The molecule has 2 atom stereocenters. The average molecular weight is 495 g/mol. The number of hydrogen-bond donors (Lipinski definition) is 2. The average Bonchev–Trinajstić information content (AvgIpc) is 3.29. The zero-order valence-electron chi connectivity index (χ0n) is 21.6. The number of allylic oxidation sites excluding steroid dienone is 6. The topological polar surface area (TPSA) is 49.8 Å². The van der Waals surface area contributed by atoms with Gasteiger partial charge in [0.25, 0.3) is 0 Å². The number of pyridine rings is 2. The second-order valence-corrected chi connectivity index (χ2v) is 9.94. The summed E-state index contributed by atoms with van der Waals surface area (Å²) < 4.78 is 0. The minimum Gasteiger partial charge on any atom is -0.372 e. The van der Waals surface area contributed by atoms with Gasteiger partial charge in [-0.25, -0.2) is 0 Å². The van der Waals surface area contributed by atoms with Crippen LogP contribution in [0.4, 0.5) is 11.4 Å². The standard InChI is InChI=1S/C34H30N4/c1-5-22(3)37-27-15-26(17-35-18-27)25-12-14-28-21(2)11-13-29(30(28)16-25)34-23(4)33-31(19-36-20-32(33)38-34)24-9-7-6-8-10-24/h6-9,11-12,14-20,24,34,37-38H,2-5,10H2,1H3. The van der Waals surface area contributed by atoms with Crippen LogP contribution >= 0.6 is 0 Å². The van der Waals surface area contributed by atoms with Crippen molar-refractivity contribution >= 4 is 28.1 Å². The first kappa shape index (κ1) is 23.7. The summed E-state index contributed by atoms with van der Waals surface area (Å²) in [5.41, 5.74) is 16.2. The molecule has 2 unspecified atom stereocenters. The van der Waals surface area contributed by atoms with Gasteiger partial charge in [0.15, 0.2) is 0 Å². The number of hydrogen-bond acceptors (Lipinski definition) is 4. The molecule has 38 heavy (non-hydrogen) atoms. The number of benzene rings is 1. The summed E-state index contributed by atoms with van der Waals surface area (Å²) in [6.07, 6.45) is 20.1. The molecule has 0 saturated heterocycles. The zero-order valence-corrected chi connectivity index (χ0v) is 21.6. The van der Waals surface area contributed by atoms with Gasteiger partial charge in [-0.2, -0.15) is 0 Å². The SMILES string of the molecule is C=C(CC)Nc1cncc(-c2ccc3c(c2)C(C2Nc4cncc(C5C=CC=CC5)c4C2=C)=C=CC3=C)c1. The summed E-state index contributed by atoms with van der Waals surface area (Å²) in [7, 11) is 0. The fourth-order valence-electron chi connectivity index (χ4n) is 5.41. The van der Waals surface area contributed by atoms with E-state index in [2.05, 4.69) is 102 Å². The molecule has 2 aliphatic carbocycles. The van der Waals surface area contributed by atoms with Gasteiger partial charge < -0.3 is 10.6 Å². The molecule has 0 amide bonds. The van der Waals surface area contributed by atoms with Crippen LogP contribution < -0.4 is 10.6 Å². The molecule has 3 aliphatic rings. The Kier molecular flexibility index (Phi) is 6.03. The van der Waals surface area contributed by atoms with Crippen LogP contribution in [0.5, 0.6) is 0 Å². The molecule has 3 heterocycles. The minimum atomic E-state index is -0.103. The van der Waals surface area contributed by atoms with Gasteiger partial charge in [-0.05, 0) is 64.5 Å². The quantitative estimate of drug-likeness (QED) is 0.340. The van der Waals surface area contributed by atoms with Crippen LogP contribution in [0.1, 0.15) is 47.9 Å². The van der Waals surface area contributed by atoms with E-state index in [0.29, 0.717) is 5.92 Å². The highest BCUT2D eigenvalue weighted by Crippen LogP contribution is 2.46. The maximum atomic E-state index is 4.57. The molecule has 0 spiro atoms. The molecule has 4 nitrogen and oxygen atoms in total. The number of aromatic nitrogens is 2. The van der Waals surface area contributed by atoms with Crippen molar-refractivity contribution in [1.29, 1.82) is 0 Å². The number of fused-ring (bicyclic) bond motifs is 2. The summed E-state index contributed by atoms with van der Waals surface area (Å²) in [5.74, 6) is 0.298. The van der Waals surface area contributed by atoms with Crippen LogP contribution in [0, 0.1) is 0 Å². The van der Waals surface area contributed by atoms with Crippen molar-refractivity contribution in [3.05, 3.63) is 133 Å². The Bertz CT molecular complexity index is 1630. The van der Waals surface area contributed by atoms with Crippen LogP contribution in [0.25, 0.3) is 27.8 Å². The van der Waals surface area contributed by atoms with Crippen molar-refractivity contribution < 1.29 is 0 Å². The third-order valence-corrected chi connectivity index (χ3v) is 7.49. The first-order valence-corrected chi connectivity index (χ1v) is 13.0. The Morgan fingerprint density at radius 2 is 1.92 bits per heavy atom. The molecule has 4 heteroatoms. The van der Waals surface area contributed by atoms with E-state index in [-0.39, 0.29) is 6.04 Å². The third kappa shape index (κ3) is 4.15. The van der Waals surface area contributed by atoms with Gasteiger partial charge in [-0.3, -0.25) is 9.97 Å². The van der Waals surface area contributed by atoms with Crippen LogP contribution in [-0.4, -0.2) is 16.0 Å². The van der Waals surface area contributed by atoms with E-state index in [1.165, 1.54) is 11.1 Å². The Morgan fingerprint density at radius 1 is 1.05 bits per heavy atom. The van der Waals surface area contributed by atoms with E-state index < -0.39 is 0 Å². The van der Waals surface area contributed by atoms with Crippen molar-refractivity contribution in [3.63, 3.8) is 0 Å². The molecule has 1 aromatic carbocycles. The molecule has 1 aliphatic heterocycles. The van der Waals surface area contributed by atoms with Crippen LogP contribution in [-0.2, 0) is 0 Å². The summed E-state index contributed by atoms with van der Waals surface area (Å²) in [5, 5.41) is 7.04. The van der Waals surface area contributed by atoms with Crippen molar-refractivity contribution in [3.8, 4) is 11.1 Å². The summed E-state index contributed by atoms with van der Waals surface area (Å²) >= 11 is 0. The summed E-state index contributed by atoms with van der Waals surface area (Å²) in [6, 6.07) is 8.50. The minimum absolute atomic E-state index is 0.103. The number of rotatable bonds is 6. The molecular weight excluding hydrogens is 464 g/mol. The molecule has 3 aromatic rings. The molecule has 0 saturated carbocycles. The maximum absolute atomic E-state index is 4.57. The summed E-state index contributed by atoms with van der Waals surface area (Å²) in [4.78, 5) is 9.03. The predicted octanol–water partition coefficient (Wildman–Crippen LogP) is 8.15. The molecule has 0 radical (unpaired) electrons. The monoisotopic (exact) mass is 494 g/mol. The maximum Gasteiger partial charge on any atom is 0.0847 e. The second-order valence-electron chi connectivity index (χ2n) is 9.94. The largest absolute Gasteiger partial charge is 0.372 e. The lowest BCUT2D eigenvalue weighted by molar-refractivity contribution is 0.845. The molecule has 2 N–H and O–H groups in total. The van der Waals surface area contributed by atoms with Gasteiger partial charge in [0.1, 0.15) is 0 Å². The zero-order chi connectivity index (χ0) is 26.2. The number of nitrogens with one attached hydrogen (secondary N) is 2. The Balaban J connectivity index is 1.38. The van der Waals surface area contributed by atoms with E-state index in [1.807, 2.05) is 30.9 Å². The van der Waals surface area contributed by atoms with Crippen LogP contribution in [0.15, 0.2) is 111 Å². The van der Waals surface area contributed by atoms with Crippen molar-refractivity contribution in [2.45, 2.75) is 31.7 Å². The lowest BCUT2D eigenvalue weighted by atomic mass is 9.82. The first-order valence-electron chi connectivity index (χ1n) is 13.0. The van der Waals surface area contributed by atoms with Gasteiger partial charge in [-0.15, -0.1) is 5.73 Å². The van der Waals surface area contributed by atoms with Crippen molar-refractivity contribution in [2.75, 3.05) is 10.6 Å². The lowest BCUT2D eigenvalue weighted by Gasteiger charge is -2.23. The fourth-order valence-corrected chi connectivity index (χ4v) is 5.41. The molecule has 6 rings (SSSR count). The third-order valence-electron chi connectivity index (χ3n) is 7.49. The lowest BCUT2D eigenvalue weighted by Crippen LogP contribution is -2.18. The first-order chi connectivity index (χ1) is 18.5. The molecule has 0 bridgehead atoms. The number of anilines is 2. The molecule has 2 aromatic heterocycles. The Hall–Kier alpha value is -4.66. The van der Waals surface area contributed by atoms with Crippen molar-refractivity contribution in [1.82, 2.24) is 9.97 Å². The fraction of sp³-hybridized carbons (Fsp3) is 0.147. The normalized spacial score (nSPS) is 19.0. The van der Waals surface area contributed by atoms with Gasteiger partial charge in [0.2, 0.25) is 0 Å². The van der Waals surface area contributed by atoms with E-state index in [4.69, 9.17) is 0 Å².